The van der Waals surface area contributed by atoms with Crippen molar-refractivity contribution in [1.82, 2.24) is 0 Å². The zero-order valence-electron chi connectivity index (χ0n) is 7.96. The van der Waals surface area contributed by atoms with Crippen LogP contribution in [0.3, 0.4) is 0 Å². The molecule has 0 aliphatic carbocycles. The number of nitrogens with zero attached hydrogens (tertiary/aromatic N) is 1. The third-order valence-corrected chi connectivity index (χ3v) is 1.14. The maximum absolute atomic E-state index is 11.0. The van der Waals surface area contributed by atoms with E-state index in [4.69, 9.17) is 0 Å². The molecular formula is C8H15NO3. The van der Waals surface area contributed by atoms with Gasteiger partial charge in [-0.15, -0.1) is 0 Å². The number of hydrogen-bond donors (Lipinski definition) is 0. The summed E-state index contributed by atoms with van der Waals surface area (Å²) in [5.74, 6) is -0.558. The fourth-order valence-electron chi connectivity index (χ4n) is 0.661. The van der Waals surface area contributed by atoms with E-state index in [1.165, 1.54) is 14.1 Å². The predicted molar refractivity (Wildman–Crippen MR) is 45.6 cm³/mol. The van der Waals surface area contributed by atoms with Crippen LogP contribution < -0.4 is 0 Å². The number of hydroxylamine groups is 4. The summed E-state index contributed by atoms with van der Waals surface area (Å²) >= 11 is 0. The van der Waals surface area contributed by atoms with Crippen molar-refractivity contribution in [2.45, 2.75) is 20.3 Å². The van der Waals surface area contributed by atoms with Crippen LogP contribution in [0.1, 0.15) is 20.3 Å². The van der Waals surface area contributed by atoms with E-state index >= 15 is 0 Å². The summed E-state index contributed by atoms with van der Waals surface area (Å²) in [6, 6.07) is 0. The SMILES string of the molecule is CCC=C(C)C(=O)O[N+](C)(C)[O-]. The van der Waals surface area contributed by atoms with E-state index in [2.05, 4.69) is 4.84 Å². The third kappa shape index (κ3) is 4.87. The van der Waals surface area contributed by atoms with Crippen LogP contribution in [0.15, 0.2) is 11.6 Å². The van der Waals surface area contributed by atoms with Crippen molar-refractivity contribution in [2.24, 2.45) is 0 Å². The highest BCUT2D eigenvalue weighted by Crippen LogP contribution is 2.03. The second-order valence-corrected chi connectivity index (χ2v) is 2.93. The molecule has 0 N–H and O–H groups in total. The molecule has 0 spiro atoms. The van der Waals surface area contributed by atoms with Crippen molar-refractivity contribution in [1.29, 1.82) is 0 Å². The molecule has 0 bridgehead atoms. The Morgan fingerprint density at radius 2 is 2.08 bits per heavy atom. The number of carbonyl (C=O) groups is 1. The third-order valence-electron chi connectivity index (χ3n) is 1.14. The molecule has 4 heteroatoms. The largest absolute Gasteiger partial charge is 0.589 e. The van der Waals surface area contributed by atoms with E-state index < -0.39 is 10.8 Å². The van der Waals surface area contributed by atoms with Crippen LogP contribution >= 0.6 is 0 Å². The lowest BCUT2D eigenvalue weighted by Gasteiger charge is -2.28. The normalized spacial score (nSPS) is 12.9. The first-order valence-electron chi connectivity index (χ1n) is 3.82. The summed E-state index contributed by atoms with van der Waals surface area (Å²) in [6.45, 7) is 3.54. The maximum atomic E-state index is 11.0. The van der Waals surface area contributed by atoms with Gasteiger partial charge < -0.3 is 5.21 Å². The van der Waals surface area contributed by atoms with Crippen LogP contribution in [0.5, 0.6) is 0 Å². The Balaban J connectivity index is 4.15. The van der Waals surface area contributed by atoms with Crippen molar-refractivity contribution in [3.8, 4) is 0 Å². The van der Waals surface area contributed by atoms with Crippen LogP contribution in [-0.4, -0.2) is 24.9 Å². The first-order valence-corrected chi connectivity index (χ1v) is 3.82. The lowest BCUT2D eigenvalue weighted by molar-refractivity contribution is -1.02. The Hall–Kier alpha value is -0.870. The molecule has 0 aromatic heterocycles. The first kappa shape index (κ1) is 11.1. The molecule has 0 amide bonds. The molecule has 0 saturated carbocycles. The van der Waals surface area contributed by atoms with Gasteiger partial charge in [-0.1, -0.05) is 13.0 Å². The lowest BCUT2D eigenvalue weighted by Crippen LogP contribution is -2.35. The van der Waals surface area contributed by atoms with Gasteiger partial charge in [-0.3, -0.25) is 4.84 Å². The smallest absolute Gasteiger partial charge is 0.393 e. The minimum absolute atomic E-state index is 0.472. The van der Waals surface area contributed by atoms with Gasteiger partial charge in [-0.2, -0.15) is 4.81 Å². The molecule has 0 aromatic carbocycles. The molecule has 0 aromatic rings. The van der Waals surface area contributed by atoms with E-state index in [1.807, 2.05) is 6.92 Å². The number of carbonyl (C=O) groups excluding carboxylic acids is 1. The highest BCUT2D eigenvalue weighted by Gasteiger charge is 2.13. The van der Waals surface area contributed by atoms with E-state index in [0.717, 1.165) is 6.42 Å². The van der Waals surface area contributed by atoms with Gasteiger partial charge in [-0.25, -0.2) is 4.79 Å². The van der Waals surface area contributed by atoms with Crippen molar-refractivity contribution in [3.63, 3.8) is 0 Å². The number of rotatable bonds is 3. The zero-order chi connectivity index (χ0) is 9.78. The molecule has 12 heavy (non-hydrogen) atoms. The average molecular weight is 173 g/mol. The molecule has 4 nitrogen and oxygen atoms in total. The Labute approximate surface area is 72.6 Å². The van der Waals surface area contributed by atoms with Crippen molar-refractivity contribution < 1.29 is 14.4 Å². The summed E-state index contributed by atoms with van der Waals surface area (Å²) < 4.78 is 0. The minimum atomic E-state index is -1.05. The van der Waals surface area contributed by atoms with E-state index in [9.17, 15) is 10.0 Å². The van der Waals surface area contributed by atoms with Gasteiger partial charge in [0.05, 0.1) is 0 Å². The first-order chi connectivity index (χ1) is 5.37. The van der Waals surface area contributed by atoms with Crippen LogP contribution in [0.25, 0.3) is 0 Å². The molecule has 0 saturated heterocycles. The van der Waals surface area contributed by atoms with E-state index in [-0.39, 0.29) is 0 Å². The van der Waals surface area contributed by atoms with Crippen LogP contribution in [-0.2, 0) is 9.63 Å². The highest BCUT2D eigenvalue weighted by atomic mass is 16.9. The lowest BCUT2D eigenvalue weighted by atomic mass is 10.2. The van der Waals surface area contributed by atoms with Gasteiger partial charge in [-0.05, 0) is 13.3 Å². The van der Waals surface area contributed by atoms with Crippen LogP contribution in [0.2, 0.25) is 0 Å². The quantitative estimate of drug-likeness (QED) is 0.368. The molecule has 0 heterocycles. The predicted octanol–water partition coefficient (Wildman–Crippen LogP) is 1.38. The molecule has 0 unspecified atom stereocenters. The topological polar surface area (TPSA) is 49.4 Å². The fraction of sp³-hybridized carbons (Fsp3) is 0.625. The number of hydrogen-bond acceptors (Lipinski definition) is 3. The van der Waals surface area contributed by atoms with Gasteiger partial charge in [0.15, 0.2) is 0 Å². The van der Waals surface area contributed by atoms with Crippen molar-refractivity contribution in [2.75, 3.05) is 14.1 Å². The summed E-state index contributed by atoms with van der Waals surface area (Å²) in [4.78, 5) is 14.5. The molecule has 70 valence electrons. The Bertz CT molecular complexity index is 191. The second kappa shape index (κ2) is 4.23. The molecule has 0 rings (SSSR count). The molecule has 0 fully saturated rings. The standard InChI is InChI=1S/C8H15NO3/c1-5-6-7(2)8(10)12-9(3,4)11/h6H,5H2,1-4H3. The van der Waals surface area contributed by atoms with Gasteiger partial charge in [0, 0.05) is 5.57 Å². The highest BCUT2D eigenvalue weighted by molar-refractivity contribution is 5.87. The molecule has 0 aliphatic heterocycles. The summed E-state index contributed by atoms with van der Waals surface area (Å²) in [7, 11) is 2.49. The monoisotopic (exact) mass is 173 g/mol. The Morgan fingerprint density at radius 1 is 1.58 bits per heavy atom. The second-order valence-electron chi connectivity index (χ2n) is 2.93. The molecule has 0 radical (unpaired) electrons. The van der Waals surface area contributed by atoms with Gasteiger partial charge >= 0.3 is 5.97 Å². The van der Waals surface area contributed by atoms with E-state index in [1.54, 1.807) is 13.0 Å². The zero-order valence-corrected chi connectivity index (χ0v) is 7.96. The van der Waals surface area contributed by atoms with Crippen molar-refractivity contribution in [3.05, 3.63) is 16.9 Å². The van der Waals surface area contributed by atoms with Crippen LogP contribution in [0.4, 0.5) is 0 Å². The van der Waals surface area contributed by atoms with Gasteiger partial charge in [0.1, 0.15) is 14.1 Å². The van der Waals surface area contributed by atoms with Gasteiger partial charge in [0.25, 0.3) is 0 Å². The Kier molecular flexibility index (Phi) is 3.92. The summed E-state index contributed by atoms with van der Waals surface area (Å²) in [5, 5.41) is 10.9. The fourth-order valence-corrected chi connectivity index (χ4v) is 0.661. The molecule has 0 aliphatic rings. The molecular weight excluding hydrogens is 158 g/mol. The van der Waals surface area contributed by atoms with Crippen molar-refractivity contribution >= 4 is 5.97 Å². The summed E-state index contributed by atoms with van der Waals surface area (Å²) in [6.07, 6.45) is 2.48. The van der Waals surface area contributed by atoms with Gasteiger partial charge in [0.2, 0.25) is 0 Å². The minimum Gasteiger partial charge on any atom is -0.589 e. The average Bonchev–Trinajstić information content (AvgIpc) is 1.84. The van der Waals surface area contributed by atoms with E-state index in [0.29, 0.717) is 5.57 Å². The summed E-state index contributed by atoms with van der Waals surface area (Å²) in [5.41, 5.74) is 0.472. The number of quaternary nitrogens is 1. The van der Waals surface area contributed by atoms with Crippen LogP contribution in [0, 0.1) is 5.21 Å². The number of allylic oxidation sites excluding steroid dienone is 1. The maximum Gasteiger partial charge on any atom is 0.393 e. The Morgan fingerprint density at radius 3 is 2.42 bits per heavy atom. The molecule has 0 atom stereocenters.